The van der Waals surface area contributed by atoms with Crippen molar-refractivity contribution in [3.05, 3.63) is 30.4 Å². The fourth-order valence-electron chi connectivity index (χ4n) is 5.05. The number of piperidine rings is 1. The lowest BCUT2D eigenvalue weighted by molar-refractivity contribution is -0.123. The van der Waals surface area contributed by atoms with E-state index in [0.29, 0.717) is 30.3 Å². The zero-order valence-electron chi connectivity index (χ0n) is 18.2. The third-order valence-corrected chi connectivity index (χ3v) is 6.92. The second-order valence-electron chi connectivity index (χ2n) is 9.38. The van der Waals surface area contributed by atoms with Crippen molar-refractivity contribution in [1.29, 1.82) is 0 Å². The fourth-order valence-corrected chi connectivity index (χ4v) is 5.05. The lowest BCUT2D eigenvalue weighted by atomic mass is 9.95. The standard InChI is InChI=1S/C23H35N5O/c1-16(2)21(29)15-26-11-8-18(9-12-26)23-24-10-7-22(25-23)28-19-5-6-20(28)14-27(13-19)17(3)4/h7,10,16,18-20H,3,5-6,8-9,11-15H2,1-2,4H3. The highest BCUT2D eigenvalue weighted by Crippen LogP contribution is 2.35. The van der Waals surface area contributed by atoms with Gasteiger partial charge in [-0.1, -0.05) is 20.4 Å². The summed E-state index contributed by atoms with van der Waals surface area (Å²) in [7, 11) is 0. The normalized spacial score (nSPS) is 25.7. The van der Waals surface area contributed by atoms with Crippen LogP contribution in [-0.2, 0) is 4.79 Å². The van der Waals surface area contributed by atoms with E-state index >= 15 is 0 Å². The molecule has 2 bridgehead atoms. The lowest BCUT2D eigenvalue weighted by Crippen LogP contribution is -2.53. The molecule has 3 aliphatic heterocycles. The molecule has 0 saturated carbocycles. The number of anilines is 1. The van der Waals surface area contributed by atoms with Crippen LogP contribution in [0.3, 0.4) is 0 Å². The summed E-state index contributed by atoms with van der Waals surface area (Å²) in [5.41, 5.74) is 1.17. The number of ketones is 1. The third kappa shape index (κ3) is 4.32. The van der Waals surface area contributed by atoms with Gasteiger partial charge in [-0.2, -0.15) is 0 Å². The number of rotatable bonds is 6. The first-order chi connectivity index (χ1) is 13.9. The molecule has 0 amide bonds. The molecular weight excluding hydrogens is 362 g/mol. The van der Waals surface area contributed by atoms with Gasteiger partial charge in [-0.15, -0.1) is 0 Å². The number of nitrogens with zero attached hydrogens (tertiary/aromatic N) is 5. The van der Waals surface area contributed by atoms with Gasteiger partial charge in [-0.05, 0) is 51.8 Å². The largest absolute Gasteiger partial charge is 0.371 e. The summed E-state index contributed by atoms with van der Waals surface area (Å²) in [6, 6.07) is 3.14. The Morgan fingerprint density at radius 2 is 1.83 bits per heavy atom. The Morgan fingerprint density at radius 1 is 1.17 bits per heavy atom. The minimum atomic E-state index is 0.119. The molecule has 4 rings (SSSR count). The molecule has 3 fully saturated rings. The third-order valence-electron chi connectivity index (χ3n) is 6.92. The quantitative estimate of drug-likeness (QED) is 0.735. The maximum absolute atomic E-state index is 12.0. The molecule has 2 unspecified atom stereocenters. The maximum atomic E-state index is 12.0. The van der Waals surface area contributed by atoms with E-state index in [1.54, 1.807) is 0 Å². The van der Waals surface area contributed by atoms with Crippen LogP contribution in [0, 0.1) is 5.92 Å². The van der Waals surface area contributed by atoms with Gasteiger partial charge >= 0.3 is 0 Å². The Balaban J connectivity index is 1.40. The molecule has 3 saturated heterocycles. The van der Waals surface area contributed by atoms with Crippen LogP contribution in [0.2, 0.25) is 0 Å². The maximum Gasteiger partial charge on any atom is 0.149 e. The van der Waals surface area contributed by atoms with Gasteiger partial charge in [-0.3, -0.25) is 9.69 Å². The first kappa shape index (κ1) is 20.3. The Bertz CT molecular complexity index is 741. The number of Topliss-reactive ketones (excluding diaryl/α,β-unsaturated/α-hetero) is 1. The Labute approximate surface area is 175 Å². The summed E-state index contributed by atoms with van der Waals surface area (Å²) >= 11 is 0. The second-order valence-corrected chi connectivity index (χ2v) is 9.38. The molecule has 158 valence electrons. The summed E-state index contributed by atoms with van der Waals surface area (Å²) in [5.74, 6) is 2.94. The smallest absolute Gasteiger partial charge is 0.149 e. The van der Waals surface area contributed by atoms with Crippen LogP contribution in [0.5, 0.6) is 0 Å². The van der Waals surface area contributed by atoms with E-state index in [4.69, 9.17) is 4.98 Å². The first-order valence-corrected chi connectivity index (χ1v) is 11.2. The average molecular weight is 398 g/mol. The number of hydrogen-bond acceptors (Lipinski definition) is 6. The predicted molar refractivity (Wildman–Crippen MR) is 116 cm³/mol. The molecule has 0 aliphatic carbocycles. The summed E-state index contributed by atoms with van der Waals surface area (Å²) in [6.07, 6.45) is 6.47. The van der Waals surface area contributed by atoms with Crippen LogP contribution in [-0.4, -0.2) is 70.4 Å². The molecule has 0 aromatic carbocycles. The number of carbonyl (C=O) groups excluding carboxylic acids is 1. The van der Waals surface area contributed by atoms with E-state index in [0.717, 1.165) is 50.7 Å². The number of fused-ring (bicyclic) bond motifs is 2. The summed E-state index contributed by atoms with van der Waals surface area (Å²) in [6.45, 7) is 14.8. The van der Waals surface area contributed by atoms with Crippen LogP contribution in [0.4, 0.5) is 5.82 Å². The van der Waals surface area contributed by atoms with Crippen molar-refractivity contribution >= 4 is 11.6 Å². The van der Waals surface area contributed by atoms with Gasteiger partial charge in [0.05, 0.1) is 6.54 Å². The molecule has 1 aromatic heterocycles. The van der Waals surface area contributed by atoms with Crippen molar-refractivity contribution in [2.45, 2.75) is 64.5 Å². The van der Waals surface area contributed by atoms with Crippen LogP contribution in [0.15, 0.2) is 24.5 Å². The molecule has 1 aromatic rings. The molecule has 29 heavy (non-hydrogen) atoms. The molecule has 4 heterocycles. The predicted octanol–water partition coefficient (Wildman–Crippen LogP) is 3.07. The topological polar surface area (TPSA) is 52.6 Å². The van der Waals surface area contributed by atoms with Gasteiger partial charge in [-0.25, -0.2) is 9.97 Å². The van der Waals surface area contributed by atoms with Crippen molar-refractivity contribution in [1.82, 2.24) is 19.8 Å². The molecule has 0 radical (unpaired) electrons. The van der Waals surface area contributed by atoms with Gasteiger partial charge in [0, 0.05) is 48.9 Å². The summed E-state index contributed by atoms with van der Waals surface area (Å²) < 4.78 is 0. The molecule has 0 N–H and O–H groups in total. The monoisotopic (exact) mass is 397 g/mol. The van der Waals surface area contributed by atoms with Gasteiger partial charge in [0.1, 0.15) is 17.4 Å². The van der Waals surface area contributed by atoms with E-state index in [-0.39, 0.29) is 5.92 Å². The highest BCUT2D eigenvalue weighted by molar-refractivity contribution is 5.82. The van der Waals surface area contributed by atoms with E-state index in [2.05, 4.69) is 39.3 Å². The zero-order chi connectivity index (χ0) is 20.5. The fraction of sp³-hybridized carbons (Fsp3) is 0.696. The van der Waals surface area contributed by atoms with Crippen molar-refractivity contribution in [2.24, 2.45) is 5.92 Å². The minimum Gasteiger partial charge on any atom is -0.371 e. The number of carbonyl (C=O) groups is 1. The lowest BCUT2D eigenvalue weighted by Gasteiger charge is -2.43. The highest BCUT2D eigenvalue weighted by atomic mass is 16.1. The van der Waals surface area contributed by atoms with Crippen molar-refractivity contribution < 1.29 is 4.79 Å². The highest BCUT2D eigenvalue weighted by Gasteiger charge is 2.40. The van der Waals surface area contributed by atoms with Crippen molar-refractivity contribution in [3.8, 4) is 0 Å². The number of piperazine rings is 1. The van der Waals surface area contributed by atoms with Crippen LogP contribution < -0.4 is 4.90 Å². The van der Waals surface area contributed by atoms with E-state index in [9.17, 15) is 4.79 Å². The molecular formula is C23H35N5O. The van der Waals surface area contributed by atoms with Crippen LogP contribution >= 0.6 is 0 Å². The molecule has 6 nitrogen and oxygen atoms in total. The van der Waals surface area contributed by atoms with Gasteiger partial charge < -0.3 is 9.80 Å². The van der Waals surface area contributed by atoms with Crippen molar-refractivity contribution in [2.75, 3.05) is 37.6 Å². The summed E-state index contributed by atoms with van der Waals surface area (Å²) in [4.78, 5) is 29.0. The minimum absolute atomic E-state index is 0.119. The number of likely N-dealkylation sites (tertiary alicyclic amines) is 2. The molecule has 2 atom stereocenters. The molecule has 0 spiro atoms. The summed E-state index contributed by atoms with van der Waals surface area (Å²) in [5, 5.41) is 0. The van der Waals surface area contributed by atoms with Gasteiger partial charge in [0.2, 0.25) is 0 Å². The van der Waals surface area contributed by atoms with Crippen LogP contribution in [0.1, 0.15) is 58.2 Å². The number of allylic oxidation sites excluding steroid dienone is 1. The van der Waals surface area contributed by atoms with Gasteiger partial charge in [0.15, 0.2) is 0 Å². The SMILES string of the molecule is C=C(C)N1CC2CCC(C1)N2c1ccnc(C2CCN(CC(=O)C(C)C)CC2)n1. The average Bonchev–Trinajstić information content (AvgIpc) is 2.97. The molecule has 6 heteroatoms. The van der Waals surface area contributed by atoms with Crippen LogP contribution in [0.25, 0.3) is 0 Å². The van der Waals surface area contributed by atoms with Gasteiger partial charge in [0.25, 0.3) is 0 Å². The van der Waals surface area contributed by atoms with E-state index in [1.807, 2.05) is 20.0 Å². The first-order valence-electron chi connectivity index (χ1n) is 11.2. The van der Waals surface area contributed by atoms with E-state index < -0.39 is 0 Å². The Morgan fingerprint density at radius 3 is 2.41 bits per heavy atom. The number of hydrogen-bond donors (Lipinski definition) is 0. The second kappa shape index (κ2) is 8.42. The molecule has 3 aliphatic rings. The number of aromatic nitrogens is 2. The Kier molecular flexibility index (Phi) is 5.91. The van der Waals surface area contributed by atoms with Crippen molar-refractivity contribution in [3.63, 3.8) is 0 Å². The zero-order valence-corrected chi connectivity index (χ0v) is 18.2. The van der Waals surface area contributed by atoms with E-state index in [1.165, 1.54) is 18.5 Å². The Hall–Kier alpha value is -1.95.